The number of nitriles is 1. The van der Waals surface area contributed by atoms with Crippen molar-refractivity contribution < 1.29 is 23.4 Å². The number of aromatic nitrogens is 3. The van der Waals surface area contributed by atoms with E-state index in [1.165, 1.54) is 17.1 Å². The van der Waals surface area contributed by atoms with Crippen molar-refractivity contribution >= 4 is 27.1 Å². The molecule has 0 spiro atoms. The Morgan fingerprint density at radius 2 is 2.12 bits per heavy atom. The van der Waals surface area contributed by atoms with E-state index in [4.69, 9.17) is 15.6 Å². The Morgan fingerprint density at radius 1 is 1.40 bits per heavy atom. The molecule has 0 saturated carbocycles. The maximum atomic E-state index is 11.0. The van der Waals surface area contributed by atoms with Gasteiger partial charge in [0.15, 0.2) is 6.23 Å². The highest BCUT2D eigenvalue weighted by molar-refractivity contribution is 7.87. The Bertz CT molecular complexity index is 953. The Balaban J connectivity index is 1.96. The molecule has 1 fully saturated rings. The molecule has 0 radical (unpaired) electrons. The van der Waals surface area contributed by atoms with Crippen molar-refractivity contribution in [2.24, 2.45) is 5.14 Å². The van der Waals surface area contributed by atoms with Crippen molar-refractivity contribution in [1.29, 1.82) is 5.26 Å². The molecular weight excluding hydrogens is 354 g/mol. The minimum Gasteiger partial charge on any atom is -0.387 e. The van der Waals surface area contributed by atoms with Crippen LogP contribution in [0.3, 0.4) is 0 Å². The lowest BCUT2D eigenvalue weighted by molar-refractivity contribution is -0.0327. The molecule has 25 heavy (non-hydrogen) atoms. The quantitative estimate of drug-likeness (QED) is 0.380. The van der Waals surface area contributed by atoms with Crippen LogP contribution < -0.4 is 15.6 Å². The number of hydrogen-bond donors (Lipinski definition) is 5. The van der Waals surface area contributed by atoms with Crippen LogP contribution in [0.1, 0.15) is 11.8 Å². The normalized spacial score (nSPS) is 26.8. The summed E-state index contributed by atoms with van der Waals surface area (Å²) in [5.74, 6) is 0.0841. The van der Waals surface area contributed by atoms with E-state index in [2.05, 4.69) is 9.97 Å². The lowest BCUT2D eigenvalue weighted by Crippen LogP contribution is -2.42. The highest BCUT2D eigenvalue weighted by atomic mass is 32.2. The Morgan fingerprint density at radius 3 is 2.76 bits per heavy atom. The molecule has 7 N–H and O–H groups in total. The third kappa shape index (κ3) is 3.14. The number of aliphatic hydroxyl groups is 2. The van der Waals surface area contributed by atoms with E-state index < -0.39 is 34.7 Å². The SMILES string of the molecule is N#Cc1cn([C@@H]2O[C@H](CNS(N)(=O)=O)[C@@H](O)[C@H]2O)c2ncnc(N)c12. The number of anilines is 1. The van der Waals surface area contributed by atoms with Gasteiger partial charge in [0.1, 0.15) is 42.2 Å². The molecule has 1 aliphatic rings. The van der Waals surface area contributed by atoms with Crippen molar-refractivity contribution in [2.45, 2.75) is 24.5 Å². The summed E-state index contributed by atoms with van der Waals surface area (Å²) in [6, 6.07) is 1.95. The van der Waals surface area contributed by atoms with Gasteiger partial charge < -0.3 is 25.3 Å². The lowest BCUT2D eigenvalue weighted by atomic mass is 10.1. The summed E-state index contributed by atoms with van der Waals surface area (Å²) in [6.07, 6.45) is -2.40. The van der Waals surface area contributed by atoms with E-state index >= 15 is 0 Å². The zero-order valence-electron chi connectivity index (χ0n) is 12.6. The fourth-order valence-electron chi connectivity index (χ4n) is 2.71. The second-order valence-corrected chi connectivity index (χ2v) is 6.84. The first kappa shape index (κ1) is 17.5. The molecule has 0 unspecified atom stereocenters. The van der Waals surface area contributed by atoms with Gasteiger partial charge in [-0.1, -0.05) is 0 Å². The number of nitrogens with one attached hydrogen (secondary N) is 1. The number of nitrogens with zero attached hydrogens (tertiary/aromatic N) is 4. The summed E-state index contributed by atoms with van der Waals surface area (Å²) in [6.45, 7) is -0.338. The van der Waals surface area contributed by atoms with Gasteiger partial charge in [0.25, 0.3) is 10.2 Å². The molecular formula is C12H15N7O5S. The summed E-state index contributed by atoms with van der Waals surface area (Å²) in [5.41, 5.74) is 6.18. The van der Waals surface area contributed by atoms with Gasteiger partial charge >= 0.3 is 0 Å². The van der Waals surface area contributed by atoms with Gasteiger partial charge in [-0.3, -0.25) is 0 Å². The summed E-state index contributed by atoms with van der Waals surface area (Å²) >= 11 is 0. The molecule has 0 aliphatic carbocycles. The van der Waals surface area contributed by atoms with Gasteiger partial charge in [-0.15, -0.1) is 0 Å². The van der Waals surface area contributed by atoms with E-state index in [1.807, 2.05) is 10.8 Å². The van der Waals surface area contributed by atoms with E-state index in [0.29, 0.717) is 5.39 Å². The van der Waals surface area contributed by atoms with Crippen LogP contribution in [-0.2, 0) is 14.9 Å². The standard InChI is InChI=1S/C12H15N7O5S/c13-1-5-3-19(11-7(5)10(14)16-4-17-11)12-9(21)8(20)6(24-12)2-18-25(15,22)23/h3-4,6,8-9,12,18,20-21H,2H2,(H2,14,16,17)(H2,15,22,23)/t6-,8-,9-,12-/m1/s1. The van der Waals surface area contributed by atoms with E-state index in [1.54, 1.807) is 0 Å². The third-order valence-electron chi connectivity index (χ3n) is 3.86. The van der Waals surface area contributed by atoms with Gasteiger partial charge in [-0.05, 0) is 0 Å². The zero-order chi connectivity index (χ0) is 18.4. The van der Waals surface area contributed by atoms with Crippen molar-refractivity contribution in [2.75, 3.05) is 12.3 Å². The topological polar surface area (TPSA) is 202 Å². The monoisotopic (exact) mass is 369 g/mol. The first-order valence-electron chi connectivity index (χ1n) is 7.03. The van der Waals surface area contributed by atoms with Gasteiger partial charge in [-0.2, -0.15) is 18.4 Å². The van der Waals surface area contributed by atoms with Gasteiger partial charge in [-0.25, -0.2) is 15.1 Å². The van der Waals surface area contributed by atoms with Crippen LogP contribution in [0.4, 0.5) is 5.82 Å². The van der Waals surface area contributed by atoms with Gasteiger partial charge in [0, 0.05) is 12.7 Å². The molecule has 0 amide bonds. The minimum atomic E-state index is -3.98. The third-order valence-corrected chi connectivity index (χ3v) is 4.43. The molecule has 2 aromatic heterocycles. The highest BCUT2D eigenvalue weighted by Gasteiger charge is 2.44. The van der Waals surface area contributed by atoms with Crippen LogP contribution in [0.25, 0.3) is 11.0 Å². The van der Waals surface area contributed by atoms with Crippen LogP contribution in [-0.4, -0.2) is 58.0 Å². The molecule has 0 bridgehead atoms. The predicted molar refractivity (Wildman–Crippen MR) is 83.7 cm³/mol. The molecule has 13 heteroatoms. The fourth-order valence-corrected chi connectivity index (χ4v) is 3.11. The zero-order valence-corrected chi connectivity index (χ0v) is 13.5. The van der Waals surface area contributed by atoms with E-state index in [-0.39, 0.29) is 23.6 Å². The smallest absolute Gasteiger partial charge is 0.274 e. The van der Waals surface area contributed by atoms with Crippen molar-refractivity contribution in [3.8, 4) is 6.07 Å². The Kier molecular flexibility index (Phi) is 4.33. The van der Waals surface area contributed by atoms with Crippen LogP contribution in [0.15, 0.2) is 12.5 Å². The molecule has 134 valence electrons. The second-order valence-electron chi connectivity index (χ2n) is 5.46. The maximum absolute atomic E-state index is 11.0. The van der Waals surface area contributed by atoms with Gasteiger partial charge in [0.05, 0.1) is 10.9 Å². The molecule has 1 saturated heterocycles. The number of nitrogens with two attached hydrogens (primary N) is 2. The van der Waals surface area contributed by atoms with Gasteiger partial charge in [0.2, 0.25) is 0 Å². The number of rotatable bonds is 4. The highest BCUT2D eigenvalue weighted by Crippen LogP contribution is 2.34. The number of ether oxygens (including phenoxy) is 1. The average Bonchev–Trinajstić information content (AvgIpc) is 3.05. The summed E-state index contributed by atoms with van der Waals surface area (Å²) in [4.78, 5) is 7.86. The molecule has 12 nitrogen and oxygen atoms in total. The fraction of sp³-hybridized carbons (Fsp3) is 0.417. The van der Waals surface area contributed by atoms with E-state index in [0.717, 1.165) is 0 Å². The number of fused-ring (bicyclic) bond motifs is 1. The van der Waals surface area contributed by atoms with Crippen LogP contribution in [0.5, 0.6) is 0 Å². The molecule has 3 rings (SSSR count). The van der Waals surface area contributed by atoms with Crippen molar-refractivity contribution in [1.82, 2.24) is 19.3 Å². The lowest BCUT2D eigenvalue weighted by Gasteiger charge is -2.17. The predicted octanol–water partition coefficient (Wildman–Crippen LogP) is -2.70. The first-order chi connectivity index (χ1) is 11.7. The van der Waals surface area contributed by atoms with Crippen LogP contribution in [0.2, 0.25) is 0 Å². The van der Waals surface area contributed by atoms with Crippen molar-refractivity contribution in [3.63, 3.8) is 0 Å². The molecule has 4 atom stereocenters. The largest absolute Gasteiger partial charge is 0.387 e. The summed E-state index contributed by atoms with van der Waals surface area (Å²) in [5, 5.41) is 34.7. The summed E-state index contributed by atoms with van der Waals surface area (Å²) < 4.78 is 30.8. The minimum absolute atomic E-state index is 0.0841. The molecule has 2 aromatic rings. The van der Waals surface area contributed by atoms with Crippen LogP contribution in [0, 0.1) is 11.3 Å². The van der Waals surface area contributed by atoms with E-state index in [9.17, 15) is 23.9 Å². The second kappa shape index (κ2) is 6.19. The number of aliphatic hydroxyl groups excluding tert-OH is 2. The number of nitrogen functional groups attached to an aromatic ring is 1. The van der Waals surface area contributed by atoms with Crippen LogP contribution >= 0.6 is 0 Å². The molecule has 1 aliphatic heterocycles. The average molecular weight is 369 g/mol. The first-order valence-corrected chi connectivity index (χ1v) is 8.57. The molecule has 3 heterocycles. The number of hydrogen-bond acceptors (Lipinski definition) is 9. The molecule has 0 aromatic carbocycles. The van der Waals surface area contributed by atoms with Crippen molar-refractivity contribution in [3.05, 3.63) is 18.1 Å². The Labute approximate surface area is 141 Å². The Hall–Kier alpha value is -2.34. The summed E-state index contributed by atoms with van der Waals surface area (Å²) in [7, 11) is -3.98. The maximum Gasteiger partial charge on any atom is 0.274 e.